The molecule has 6 heteroatoms. The van der Waals surface area contributed by atoms with Gasteiger partial charge >= 0.3 is 0 Å². The summed E-state index contributed by atoms with van der Waals surface area (Å²) in [6.45, 7) is 0.642. The molecule has 0 radical (unpaired) electrons. The van der Waals surface area contributed by atoms with Gasteiger partial charge in [0.1, 0.15) is 5.75 Å². The SMILES string of the molecule is NCc1ccc(N(Cc2ccc(O)cc2)[SH](=O)=O)cc1. The van der Waals surface area contributed by atoms with Crippen LogP contribution in [0.1, 0.15) is 11.1 Å². The first-order valence-electron chi connectivity index (χ1n) is 6.09. The third-order valence-corrected chi connectivity index (χ3v) is 3.70. The molecule has 2 rings (SSSR count). The predicted molar refractivity (Wildman–Crippen MR) is 78.9 cm³/mol. The van der Waals surface area contributed by atoms with Crippen LogP contribution in [0.3, 0.4) is 0 Å². The Morgan fingerprint density at radius 1 is 0.950 bits per heavy atom. The van der Waals surface area contributed by atoms with E-state index in [9.17, 15) is 13.5 Å². The Labute approximate surface area is 119 Å². The molecular weight excluding hydrogens is 276 g/mol. The molecule has 0 aromatic heterocycles. The summed E-state index contributed by atoms with van der Waals surface area (Å²) < 4.78 is 24.1. The van der Waals surface area contributed by atoms with Crippen molar-refractivity contribution < 1.29 is 13.5 Å². The van der Waals surface area contributed by atoms with Gasteiger partial charge in [-0.15, -0.1) is 0 Å². The van der Waals surface area contributed by atoms with Crippen LogP contribution in [0.25, 0.3) is 0 Å². The van der Waals surface area contributed by atoms with Crippen molar-refractivity contribution in [2.45, 2.75) is 13.1 Å². The smallest absolute Gasteiger partial charge is 0.225 e. The van der Waals surface area contributed by atoms with Crippen molar-refractivity contribution in [3.8, 4) is 5.75 Å². The van der Waals surface area contributed by atoms with Gasteiger partial charge in [0.05, 0.1) is 12.2 Å². The van der Waals surface area contributed by atoms with E-state index in [0.29, 0.717) is 12.2 Å². The summed E-state index contributed by atoms with van der Waals surface area (Å²) in [6.07, 6.45) is 0. The number of phenols is 1. The zero-order valence-corrected chi connectivity index (χ0v) is 11.7. The fourth-order valence-corrected chi connectivity index (χ4v) is 2.42. The number of rotatable bonds is 5. The highest BCUT2D eigenvalue weighted by Gasteiger charge is 2.09. The monoisotopic (exact) mass is 292 g/mol. The van der Waals surface area contributed by atoms with Gasteiger partial charge in [-0.1, -0.05) is 24.3 Å². The number of phenolic OH excluding ortho intramolecular Hbond substituents is 1. The molecule has 0 aliphatic rings. The molecular formula is C14H16N2O3S. The second-order valence-electron chi connectivity index (χ2n) is 4.33. The molecule has 0 aliphatic carbocycles. The fourth-order valence-electron chi connectivity index (χ4n) is 1.82. The van der Waals surface area contributed by atoms with Gasteiger partial charge in [-0.25, -0.2) is 8.42 Å². The summed E-state index contributed by atoms with van der Waals surface area (Å²) in [5, 5.41) is 9.23. The van der Waals surface area contributed by atoms with E-state index in [-0.39, 0.29) is 12.3 Å². The summed E-state index contributed by atoms with van der Waals surface area (Å²) in [5.41, 5.74) is 7.85. The summed E-state index contributed by atoms with van der Waals surface area (Å²) >= 11 is 0. The highest BCUT2D eigenvalue weighted by Crippen LogP contribution is 2.19. The van der Waals surface area contributed by atoms with Crippen LogP contribution >= 0.6 is 0 Å². The maximum absolute atomic E-state index is 11.4. The molecule has 0 saturated heterocycles. The van der Waals surface area contributed by atoms with Gasteiger partial charge in [-0.2, -0.15) is 0 Å². The van der Waals surface area contributed by atoms with Crippen LogP contribution in [-0.4, -0.2) is 13.5 Å². The molecule has 0 bridgehead atoms. The molecule has 106 valence electrons. The Morgan fingerprint density at radius 2 is 1.50 bits per heavy atom. The minimum atomic E-state index is -2.75. The third-order valence-electron chi connectivity index (χ3n) is 2.94. The lowest BCUT2D eigenvalue weighted by Gasteiger charge is -2.18. The van der Waals surface area contributed by atoms with Crippen LogP contribution in [0.5, 0.6) is 5.75 Å². The zero-order chi connectivity index (χ0) is 14.5. The molecule has 0 saturated carbocycles. The Balaban J connectivity index is 2.24. The topological polar surface area (TPSA) is 83.6 Å². The number of benzene rings is 2. The van der Waals surface area contributed by atoms with Crippen LogP contribution in [0.4, 0.5) is 5.69 Å². The van der Waals surface area contributed by atoms with E-state index < -0.39 is 10.9 Å². The summed E-state index contributed by atoms with van der Waals surface area (Å²) in [7, 11) is -2.75. The highest BCUT2D eigenvalue weighted by molar-refractivity contribution is 7.74. The van der Waals surface area contributed by atoms with Gasteiger partial charge in [0.15, 0.2) is 0 Å². The first-order valence-corrected chi connectivity index (χ1v) is 7.22. The minimum Gasteiger partial charge on any atom is -0.508 e. The first kappa shape index (κ1) is 14.4. The quantitative estimate of drug-likeness (QED) is 0.727. The molecule has 0 fully saturated rings. The van der Waals surface area contributed by atoms with Crippen LogP contribution < -0.4 is 10.0 Å². The second kappa shape index (κ2) is 6.40. The number of nitrogens with two attached hydrogens (primary N) is 1. The predicted octanol–water partition coefficient (Wildman–Crippen LogP) is 1.38. The lowest BCUT2D eigenvalue weighted by atomic mass is 10.2. The van der Waals surface area contributed by atoms with Crippen molar-refractivity contribution in [1.82, 2.24) is 0 Å². The zero-order valence-electron chi connectivity index (χ0n) is 10.8. The van der Waals surface area contributed by atoms with E-state index in [1.807, 2.05) is 0 Å². The van der Waals surface area contributed by atoms with E-state index >= 15 is 0 Å². The first-order chi connectivity index (χ1) is 9.60. The van der Waals surface area contributed by atoms with E-state index in [1.165, 1.54) is 16.4 Å². The van der Waals surface area contributed by atoms with Crippen LogP contribution in [0, 0.1) is 0 Å². The van der Waals surface area contributed by atoms with Crippen molar-refractivity contribution in [3.05, 3.63) is 59.7 Å². The molecule has 2 aromatic carbocycles. The van der Waals surface area contributed by atoms with Crippen LogP contribution in [0.15, 0.2) is 48.5 Å². The van der Waals surface area contributed by atoms with E-state index in [4.69, 9.17) is 5.73 Å². The van der Waals surface area contributed by atoms with E-state index in [1.54, 1.807) is 36.4 Å². The maximum Gasteiger partial charge on any atom is 0.225 e. The molecule has 0 atom stereocenters. The van der Waals surface area contributed by atoms with Crippen molar-refractivity contribution in [1.29, 1.82) is 0 Å². The van der Waals surface area contributed by atoms with Crippen molar-refractivity contribution in [3.63, 3.8) is 0 Å². The Bertz CT molecular complexity index is 628. The lowest BCUT2D eigenvalue weighted by Crippen LogP contribution is -2.20. The molecule has 5 nitrogen and oxygen atoms in total. The highest BCUT2D eigenvalue weighted by atomic mass is 32.2. The normalized spacial score (nSPS) is 10.7. The van der Waals surface area contributed by atoms with Gasteiger partial charge < -0.3 is 10.8 Å². The second-order valence-corrected chi connectivity index (χ2v) is 5.29. The summed E-state index contributed by atoms with van der Waals surface area (Å²) in [4.78, 5) is 0. The standard InChI is InChI=1S/C14H16N2O3S/c15-9-11-1-5-13(6-2-11)16(20(18)19)10-12-3-7-14(17)8-4-12/h1-8,17,20H,9-10,15H2. The number of anilines is 1. The minimum absolute atomic E-state index is 0.152. The molecule has 0 unspecified atom stereocenters. The Kier molecular flexibility index (Phi) is 4.60. The molecule has 0 spiro atoms. The number of hydrogen-bond acceptors (Lipinski definition) is 4. The Hall–Kier alpha value is -2.05. The van der Waals surface area contributed by atoms with E-state index in [2.05, 4.69) is 0 Å². The van der Waals surface area contributed by atoms with Crippen LogP contribution in [-0.2, 0) is 24.0 Å². The Morgan fingerprint density at radius 3 is 2.00 bits per heavy atom. The lowest BCUT2D eigenvalue weighted by molar-refractivity contribution is 0.475. The van der Waals surface area contributed by atoms with Crippen molar-refractivity contribution in [2.24, 2.45) is 5.73 Å². The number of aromatic hydroxyl groups is 1. The van der Waals surface area contributed by atoms with Crippen molar-refractivity contribution in [2.75, 3.05) is 4.31 Å². The van der Waals surface area contributed by atoms with Gasteiger partial charge in [0, 0.05) is 6.54 Å². The summed E-state index contributed by atoms with van der Waals surface area (Å²) in [6, 6.07) is 13.5. The number of nitrogens with zero attached hydrogens (tertiary/aromatic N) is 1. The molecule has 0 amide bonds. The van der Waals surface area contributed by atoms with Gasteiger partial charge in [-0.05, 0) is 35.4 Å². The molecule has 0 aliphatic heterocycles. The molecule has 0 heterocycles. The van der Waals surface area contributed by atoms with Gasteiger partial charge in [0.2, 0.25) is 10.9 Å². The summed E-state index contributed by atoms with van der Waals surface area (Å²) in [5.74, 6) is 0.152. The number of thiol groups is 1. The van der Waals surface area contributed by atoms with E-state index in [0.717, 1.165) is 11.1 Å². The fraction of sp³-hybridized carbons (Fsp3) is 0.143. The largest absolute Gasteiger partial charge is 0.508 e. The molecule has 3 N–H and O–H groups in total. The number of hydrogen-bond donors (Lipinski definition) is 3. The van der Waals surface area contributed by atoms with Crippen molar-refractivity contribution >= 4 is 16.6 Å². The average molecular weight is 292 g/mol. The third kappa shape index (κ3) is 3.49. The maximum atomic E-state index is 11.4. The molecule has 2 aromatic rings. The molecule has 20 heavy (non-hydrogen) atoms. The van der Waals surface area contributed by atoms with Gasteiger partial charge in [-0.3, -0.25) is 4.31 Å². The van der Waals surface area contributed by atoms with Gasteiger partial charge in [0.25, 0.3) is 0 Å². The average Bonchev–Trinajstić information content (AvgIpc) is 2.46. The van der Waals surface area contributed by atoms with Crippen LogP contribution in [0.2, 0.25) is 0 Å².